The molecule has 0 spiro atoms. The van der Waals surface area contributed by atoms with E-state index in [2.05, 4.69) is 41.4 Å². The Labute approximate surface area is 260 Å². The molecule has 2 bridgehead atoms. The first kappa shape index (κ1) is 31.1. The zero-order chi connectivity index (χ0) is 31.8. The number of hydrogen-bond donors (Lipinski definition) is 5. The number of pyridine rings is 1. The topological polar surface area (TPSA) is 184 Å². The highest BCUT2D eigenvalue weighted by atomic mass is 16.3. The van der Waals surface area contributed by atoms with Crippen molar-refractivity contribution in [3.8, 4) is 11.4 Å². The summed E-state index contributed by atoms with van der Waals surface area (Å²) in [6.07, 6.45) is 4.55. The smallest absolute Gasteiger partial charge is 0.273 e. The molecular formula is C32H36N8O5. The molecule has 3 aromatic heterocycles. The first-order chi connectivity index (χ1) is 21.8. The van der Waals surface area contributed by atoms with Gasteiger partial charge in [0.15, 0.2) is 5.69 Å². The lowest BCUT2D eigenvalue weighted by molar-refractivity contribution is -0.131. The molecule has 5 N–H and O–H groups in total. The maximum absolute atomic E-state index is 13.7. The van der Waals surface area contributed by atoms with E-state index in [0.29, 0.717) is 37.2 Å². The second kappa shape index (κ2) is 14.4. The number of oxazole rings is 1. The van der Waals surface area contributed by atoms with Crippen molar-refractivity contribution < 1.29 is 23.6 Å². The second-order valence-electron chi connectivity index (χ2n) is 11.2. The molecule has 13 heteroatoms. The Morgan fingerprint density at radius 3 is 2.53 bits per heavy atom. The van der Waals surface area contributed by atoms with E-state index in [1.807, 2.05) is 50.2 Å². The predicted octanol–water partition coefficient (Wildman–Crippen LogP) is 2.71. The molecule has 1 aliphatic heterocycles. The molecule has 5 rings (SSSR count). The molecule has 0 saturated heterocycles. The number of carbonyl (C=O) groups is 4. The summed E-state index contributed by atoms with van der Waals surface area (Å²) in [5.74, 6) is -2.01. The number of fused-ring (bicyclic) bond motifs is 2. The molecule has 0 fully saturated rings. The van der Waals surface area contributed by atoms with Gasteiger partial charge in [0, 0.05) is 19.2 Å². The zero-order valence-corrected chi connectivity index (χ0v) is 25.1. The van der Waals surface area contributed by atoms with Crippen LogP contribution in [0.1, 0.15) is 71.6 Å². The fourth-order valence-corrected chi connectivity index (χ4v) is 5.01. The Bertz CT molecular complexity index is 1620. The minimum Gasteiger partial charge on any atom is -0.446 e. The maximum Gasteiger partial charge on any atom is 0.273 e. The van der Waals surface area contributed by atoms with Crippen LogP contribution in [0.15, 0.2) is 71.5 Å². The fraction of sp³-hybridized carbons (Fsp3) is 0.344. The number of hydrogen-bond acceptors (Lipinski definition) is 8. The van der Waals surface area contributed by atoms with Crippen molar-refractivity contribution in [3.63, 3.8) is 0 Å². The van der Waals surface area contributed by atoms with Gasteiger partial charge in [0.1, 0.15) is 35.8 Å². The van der Waals surface area contributed by atoms with Crippen LogP contribution >= 0.6 is 0 Å². The van der Waals surface area contributed by atoms with Gasteiger partial charge in [-0.15, -0.1) is 0 Å². The van der Waals surface area contributed by atoms with Crippen molar-refractivity contribution >= 4 is 23.6 Å². The maximum atomic E-state index is 13.7. The molecule has 234 valence electrons. The van der Waals surface area contributed by atoms with E-state index in [1.54, 1.807) is 24.4 Å². The van der Waals surface area contributed by atoms with Crippen molar-refractivity contribution in [1.29, 1.82) is 0 Å². The molecular weight excluding hydrogens is 576 g/mol. The first-order valence-electron chi connectivity index (χ1n) is 14.9. The fourth-order valence-electron chi connectivity index (χ4n) is 5.01. The Kier molecular flexibility index (Phi) is 9.97. The highest BCUT2D eigenvalue weighted by molar-refractivity contribution is 5.98. The van der Waals surface area contributed by atoms with Gasteiger partial charge >= 0.3 is 0 Å². The van der Waals surface area contributed by atoms with Gasteiger partial charge in [-0.05, 0) is 48.9 Å². The van der Waals surface area contributed by atoms with Crippen LogP contribution in [0.4, 0.5) is 0 Å². The normalized spacial score (nSPS) is 19.8. The van der Waals surface area contributed by atoms with Crippen LogP contribution in [0.3, 0.4) is 0 Å². The third kappa shape index (κ3) is 7.99. The summed E-state index contributed by atoms with van der Waals surface area (Å²) < 4.78 is 5.66. The Morgan fingerprint density at radius 2 is 1.78 bits per heavy atom. The van der Waals surface area contributed by atoms with E-state index in [4.69, 9.17) is 4.42 Å². The Hall–Kier alpha value is -5.33. The molecule has 0 radical (unpaired) electrons. The Balaban J connectivity index is 1.37. The molecule has 4 heterocycles. The third-order valence-electron chi connectivity index (χ3n) is 7.48. The van der Waals surface area contributed by atoms with Gasteiger partial charge in [-0.2, -0.15) is 5.10 Å². The average molecular weight is 613 g/mol. The number of nitrogens with zero attached hydrogens (tertiary/aromatic N) is 3. The third-order valence-corrected chi connectivity index (χ3v) is 7.48. The molecule has 4 amide bonds. The van der Waals surface area contributed by atoms with E-state index in [0.717, 1.165) is 5.56 Å². The summed E-state index contributed by atoms with van der Waals surface area (Å²) in [7, 11) is 0. The van der Waals surface area contributed by atoms with Gasteiger partial charge in [0.25, 0.3) is 11.8 Å². The van der Waals surface area contributed by atoms with E-state index >= 15 is 0 Å². The van der Waals surface area contributed by atoms with Crippen molar-refractivity contribution in [1.82, 2.24) is 41.4 Å². The number of nitrogens with one attached hydrogen (secondary N) is 5. The SMILES string of the molecule is CC(C)[C@@H]1NC(=O)[C@@H](NC(=O)c2cc(-c3ccccn3)n[nH]2)CCCCNC(=O)c2coc(n2)[C@@H](Cc2ccccc2)NC1=O. The zero-order valence-electron chi connectivity index (χ0n) is 25.1. The number of H-pyrrole nitrogens is 1. The van der Waals surface area contributed by atoms with Gasteiger partial charge in [-0.25, -0.2) is 4.98 Å². The predicted molar refractivity (Wildman–Crippen MR) is 164 cm³/mol. The van der Waals surface area contributed by atoms with Gasteiger partial charge < -0.3 is 25.7 Å². The number of aromatic amines is 1. The minimum atomic E-state index is -0.955. The average Bonchev–Trinajstić information content (AvgIpc) is 3.74. The van der Waals surface area contributed by atoms with Crippen molar-refractivity contribution in [2.24, 2.45) is 5.92 Å². The van der Waals surface area contributed by atoms with E-state index in [1.165, 1.54) is 6.26 Å². The number of carbonyl (C=O) groups excluding carboxylic acids is 4. The van der Waals surface area contributed by atoms with Crippen molar-refractivity contribution in [2.45, 2.75) is 57.7 Å². The molecule has 0 unspecified atom stereocenters. The van der Waals surface area contributed by atoms with E-state index in [9.17, 15) is 19.2 Å². The van der Waals surface area contributed by atoms with E-state index in [-0.39, 0.29) is 29.6 Å². The highest BCUT2D eigenvalue weighted by Gasteiger charge is 2.32. The quantitative estimate of drug-likeness (QED) is 0.220. The van der Waals surface area contributed by atoms with Gasteiger partial charge in [0.2, 0.25) is 17.7 Å². The summed E-state index contributed by atoms with van der Waals surface area (Å²) in [6, 6.07) is 13.8. The monoisotopic (exact) mass is 612 g/mol. The molecule has 0 aliphatic carbocycles. The first-order valence-corrected chi connectivity index (χ1v) is 14.9. The van der Waals surface area contributed by atoms with Crippen LogP contribution in [-0.4, -0.2) is 62.4 Å². The van der Waals surface area contributed by atoms with Gasteiger partial charge in [-0.3, -0.25) is 29.3 Å². The Morgan fingerprint density at radius 1 is 0.978 bits per heavy atom. The van der Waals surface area contributed by atoms with Gasteiger partial charge in [-0.1, -0.05) is 50.2 Å². The summed E-state index contributed by atoms with van der Waals surface area (Å²) in [4.78, 5) is 61.9. The number of amides is 4. The van der Waals surface area contributed by atoms with Crippen molar-refractivity contribution in [3.05, 3.63) is 89.9 Å². The number of benzene rings is 1. The summed E-state index contributed by atoms with van der Waals surface area (Å²) in [6.45, 7) is 3.97. The summed E-state index contributed by atoms with van der Waals surface area (Å²) in [5, 5.41) is 18.3. The minimum absolute atomic E-state index is 0.105. The van der Waals surface area contributed by atoms with Gasteiger partial charge in [0.05, 0.1) is 5.69 Å². The molecule has 1 aromatic carbocycles. The van der Waals surface area contributed by atoms with Crippen LogP contribution in [0.5, 0.6) is 0 Å². The summed E-state index contributed by atoms with van der Waals surface area (Å²) in [5.41, 5.74) is 2.26. The summed E-state index contributed by atoms with van der Waals surface area (Å²) >= 11 is 0. The molecule has 45 heavy (non-hydrogen) atoms. The molecule has 13 nitrogen and oxygen atoms in total. The van der Waals surface area contributed by atoms with Crippen LogP contribution in [0.2, 0.25) is 0 Å². The molecule has 0 saturated carbocycles. The lowest BCUT2D eigenvalue weighted by Gasteiger charge is -2.27. The lowest BCUT2D eigenvalue weighted by Crippen LogP contribution is -2.56. The van der Waals surface area contributed by atoms with Crippen LogP contribution in [-0.2, 0) is 16.0 Å². The van der Waals surface area contributed by atoms with Crippen LogP contribution in [0, 0.1) is 5.92 Å². The molecule has 4 aromatic rings. The van der Waals surface area contributed by atoms with Crippen LogP contribution < -0.4 is 21.3 Å². The standard InChI is InChI=1S/C32H36N8O5/c1-19(2)27-31(44)36-25(16-20-10-4-3-5-11-20)32-37-26(18-45-32)28(41)34-15-9-7-13-22(29(42)38-27)35-30(43)24-17-23(39-40-24)21-12-6-8-14-33-21/h3-6,8,10-12,14,17-19,22,25,27H,7,9,13,15-16H2,1-2H3,(H,34,41)(H,35,43)(H,36,44)(H,38,42)(H,39,40)/t22-,25+,27-/m0/s1. The molecule has 1 aliphatic rings. The highest BCUT2D eigenvalue weighted by Crippen LogP contribution is 2.20. The number of aromatic nitrogens is 4. The lowest BCUT2D eigenvalue weighted by atomic mass is 10.00. The number of rotatable bonds is 6. The second-order valence-corrected chi connectivity index (χ2v) is 11.2. The van der Waals surface area contributed by atoms with E-state index < -0.39 is 41.8 Å². The van der Waals surface area contributed by atoms with Crippen molar-refractivity contribution in [2.75, 3.05) is 6.54 Å². The van der Waals surface area contributed by atoms with Crippen LogP contribution in [0.25, 0.3) is 11.4 Å². The molecule has 3 atom stereocenters. The largest absolute Gasteiger partial charge is 0.446 e.